The van der Waals surface area contributed by atoms with E-state index in [1.807, 2.05) is 0 Å². The fourth-order valence-electron chi connectivity index (χ4n) is 1.90. The Bertz CT molecular complexity index is 192. The highest BCUT2D eigenvalue weighted by Gasteiger charge is 2.02. The highest BCUT2D eigenvalue weighted by molar-refractivity contribution is 5.70. The van der Waals surface area contributed by atoms with Crippen LogP contribution in [-0.2, 0) is 14.3 Å². The van der Waals surface area contributed by atoms with Crippen molar-refractivity contribution in [3.8, 4) is 0 Å². The van der Waals surface area contributed by atoms with E-state index in [1.54, 1.807) is 0 Å². The average molecular weight is 272 g/mol. The van der Waals surface area contributed by atoms with E-state index in [1.165, 1.54) is 44.9 Å². The number of hydrogen-bond donors (Lipinski definition) is 0. The first kappa shape index (κ1) is 18.4. The first-order valence-electron chi connectivity index (χ1n) is 8.04. The third-order valence-electron chi connectivity index (χ3n) is 3.12. The average Bonchev–Trinajstić information content (AvgIpc) is 2.41. The summed E-state index contributed by atoms with van der Waals surface area (Å²) in [5.41, 5.74) is 0. The number of carbonyl (C=O) groups excluding carboxylic acids is 1. The Balaban J connectivity index is 3.13. The lowest BCUT2D eigenvalue weighted by molar-refractivity contribution is -0.149. The van der Waals surface area contributed by atoms with Crippen molar-refractivity contribution in [3.05, 3.63) is 0 Å². The van der Waals surface area contributed by atoms with Gasteiger partial charge >= 0.3 is 5.97 Å². The molecule has 114 valence electrons. The van der Waals surface area contributed by atoms with Crippen LogP contribution < -0.4 is 0 Å². The molecule has 0 aliphatic carbocycles. The zero-order chi connectivity index (χ0) is 14.2. The van der Waals surface area contributed by atoms with Crippen LogP contribution in [0.2, 0.25) is 0 Å². The first-order chi connectivity index (χ1) is 9.31. The third-order valence-corrected chi connectivity index (χ3v) is 3.12. The quantitative estimate of drug-likeness (QED) is 0.345. The van der Waals surface area contributed by atoms with Gasteiger partial charge in [-0.1, -0.05) is 65.2 Å². The summed E-state index contributed by atoms with van der Waals surface area (Å²) in [7, 11) is 0. The van der Waals surface area contributed by atoms with Crippen LogP contribution in [0.3, 0.4) is 0 Å². The van der Waals surface area contributed by atoms with E-state index < -0.39 is 0 Å². The van der Waals surface area contributed by atoms with Crippen LogP contribution in [0.5, 0.6) is 0 Å². The monoisotopic (exact) mass is 272 g/mol. The Labute approximate surface area is 119 Å². The minimum Gasteiger partial charge on any atom is -0.464 e. The van der Waals surface area contributed by atoms with Gasteiger partial charge in [0.25, 0.3) is 0 Å². The van der Waals surface area contributed by atoms with Crippen LogP contribution in [0.15, 0.2) is 0 Å². The van der Waals surface area contributed by atoms with Gasteiger partial charge in [0.1, 0.15) is 6.61 Å². The largest absolute Gasteiger partial charge is 0.464 e. The maximum Gasteiger partial charge on any atom is 0.332 e. The molecule has 0 heterocycles. The summed E-state index contributed by atoms with van der Waals surface area (Å²) in [5.74, 6) is -0.218. The fourth-order valence-corrected chi connectivity index (χ4v) is 1.90. The number of carbonyl (C=O) groups is 1. The zero-order valence-electron chi connectivity index (χ0n) is 12.9. The molecule has 0 unspecified atom stereocenters. The van der Waals surface area contributed by atoms with Gasteiger partial charge in [-0.2, -0.15) is 0 Å². The summed E-state index contributed by atoms with van der Waals surface area (Å²) in [6, 6.07) is 0. The molecule has 0 bridgehead atoms. The van der Waals surface area contributed by atoms with Gasteiger partial charge in [0, 0.05) is 6.61 Å². The lowest BCUT2D eigenvalue weighted by Gasteiger charge is -2.06. The van der Waals surface area contributed by atoms with Crippen molar-refractivity contribution in [1.29, 1.82) is 0 Å². The van der Waals surface area contributed by atoms with Crippen LogP contribution in [0, 0.1) is 0 Å². The molecule has 0 aliphatic heterocycles. The van der Waals surface area contributed by atoms with E-state index in [4.69, 9.17) is 9.47 Å². The molecule has 0 radical (unpaired) electrons. The molecule has 3 heteroatoms. The predicted octanol–water partition coefficient (Wildman–Crippen LogP) is 4.49. The van der Waals surface area contributed by atoms with E-state index in [0.717, 1.165) is 19.3 Å². The standard InChI is InChI=1S/C16H32O3/c1-3-5-7-9-11-13-18-15-16(17)19-14-12-10-8-6-4-2/h3-15H2,1-2H3. The van der Waals surface area contributed by atoms with E-state index >= 15 is 0 Å². The molecule has 0 fully saturated rings. The number of unbranched alkanes of at least 4 members (excludes halogenated alkanes) is 8. The fraction of sp³-hybridized carbons (Fsp3) is 0.938. The molecule has 19 heavy (non-hydrogen) atoms. The van der Waals surface area contributed by atoms with Gasteiger partial charge in [-0.25, -0.2) is 4.79 Å². The number of esters is 1. The van der Waals surface area contributed by atoms with Gasteiger partial charge in [-0.3, -0.25) is 0 Å². The van der Waals surface area contributed by atoms with Gasteiger partial charge in [0.05, 0.1) is 6.61 Å². The second-order valence-electron chi connectivity index (χ2n) is 5.10. The van der Waals surface area contributed by atoms with E-state index in [9.17, 15) is 4.79 Å². The van der Waals surface area contributed by atoms with Crippen LogP contribution in [0.25, 0.3) is 0 Å². The van der Waals surface area contributed by atoms with Crippen molar-refractivity contribution >= 4 is 5.97 Å². The van der Waals surface area contributed by atoms with Gasteiger partial charge in [0.2, 0.25) is 0 Å². The maximum atomic E-state index is 11.3. The first-order valence-corrected chi connectivity index (χ1v) is 8.04. The van der Waals surface area contributed by atoms with Gasteiger partial charge < -0.3 is 9.47 Å². The molecule has 0 atom stereocenters. The molecular weight excluding hydrogens is 240 g/mol. The summed E-state index contributed by atoms with van der Waals surface area (Å²) in [6.07, 6.45) is 11.9. The molecule has 0 N–H and O–H groups in total. The summed E-state index contributed by atoms with van der Waals surface area (Å²) in [6.45, 7) is 5.73. The summed E-state index contributed by atoms with van der Waals surface area (Å²) >= 11 is 0. The Hall–Kier alpha value is -0.570. The summed E-state index contributed by atoms with van der Waals surface area (Å²) in [5, 5.41) is 0. The molecule has 0 aromatic heterocycles. The van der Waals surface area contributed by atoms with E-state index in [-0.39, 0.29) is 12.6 Å². The topological polar surface area (TPSA) is 35.5 Å². The molecule has 0 saturated heterocycles. The number of ether oxygens (including phenoxy) is 2. The van der Waals surface area contributed by atoms with Crippen LogP contribution in [0.1, 0.15) is 78.1 Å². The van der Waals surface area contributed by atoms with E-state index in [0.29, 0.717) is 13.2 Å². The van der Waals surface area contributed by atoms with Crippen molar-refractivity contribution in [2.45, 2.75) is 78.1 Å². The molecule has 0 aromatic rings. The predicted molar refractivity (Wildman–Crippen MR) is 79.3 cm³/mol. The maximum absolute atomic E-state index is 11.3. The van der Waals surface area contributed by atoms with Crippen molar-refractivity contribution < 1.29 is 14.3 Å². The normalized spacial score (nSPS) is 10.6. The minimum atomic E-state index is -0.218. The Morgan fingerprint density at radius 3 is 1.84 bits per heavy atom. The molecule has 0 aromatic carbocycles. The Morgan fingerprint density at radius 2 is 1.26 bits per heavy atom. The minimum absolute atomic E-state index is 0.114. The van der Waals surface area contributed by atoms with E-state index in [2.05, 4.69) is 13.8 Å². The molecule has 3 nitrogen and oxygen atoms in total. The SMILES string of the molecule is CCCCCCCOCC(=O)OCCCCCCC. The molecule has 0 aliphatic rings. The van der Waals surface area contributed by atoms with Crippen molar-refractivity contribution in [3.63, 3.8) is 0 Å². The van der Waals surface area contributed by atoms with Crippen LogP contribution in [0.4, 0.5) is 0 Å². The van der Waals surface area contributed by atoms with Crippen LogP contribution in [-0.4, -0.2) is 25.8 Å². The highest BCUT2D eigenvalue weighted by atomic mass is 16.6. The molecule has 0 rings (SSSR count). The van der Waals surface area contributed by atoms with Gasteiger partial charge in [0.15, 0.2) is 0 Å². The van der Waals surface area contributed by atoms with Gasteiger partial charge in [-0.05, 0) is 12.8 Å². The molecule has 0 amide bonds. The highest BCUT2D eigenvalue weighted by Crippen LogP contribution is 2.03. The smallest absolute Gasteiger partial charge is 0.332 e. The Kier molecular flexibility index (Phi) is 15.0. The number of hydrogen-bond acceptors (Lipinski definition) is 3. The van der Waals surface area contributed by atoms with Crippen molar-refractivity contribution in [1.82, 2.24) is 0 Å². The molecule has 0 spiro atoms. The van der Waals surface area contributed by atoms with Crippen molar-refractivity contribution in [2.75, 3.05) is 19.8 Å². The second-order valence-corrected chi connectivity index (χ2v) is 5.10. The molecule has 0 saturated carbocycles. The molecular formula is C16H32O3. The second kappa shape index (κ2) is 15.5. The lowest BCUT2D eigenvalue weighted by atomic mass is 10.2. The van der Waals surface area contributed by atoms with Crippen LogP contribution >= 0.6 is 0 Å². The van der Waals surface area contributed by atoms with Gasteiger partial charge in [-0.15, -0.1) is 0 Å². The Morgan fingerprint density at radius 1 is 0.737 bits per heavy atom. The lowest BCUT2D eigenvalue weighted by Crippen LogP contribution is -2.14. The third kappa shape index (κ3) is 15.4. The van der Waals surface area contributed by atoms with Crippen molar-refractivity contribution in [2.24, 2.45) is 0 Å². The number of rotatable bonds is 14. The summed E-state index contributed by atoms with van der Waals surface area (Å²) in [4.78, 5) is 11.3. The zero-order valence-corrected chi connectivity index (χ0v) is 12.9. The summed E-state index contributed by atoms with van der Waals surface area (Å²) < 4.78 is 10.4.